The van der Waals surface area contributed by atoms with Gasteiger partial charge in [-0.2, -0.15) is 13.5 Å². The number of hydrogen-bond donors (Lipinski definition) is 1. The molecule has 0 amide bonds. The summed E-state index contributed by atoms with van der Waals surface area (Å²) in [7, 11) is -3.84. The molecule has 3 aromatic rings. The van der Waals surface area contributed by atoms with Crippen LogP contribution in [0, 0.1) is 0 Å². The van der Waals surface area contributed by atoms with E-state index in [1.165, 1.54) is 24.4 Å². The van der Waals surface area contributed by atoms with Gasteiger partial charge >= 0.3 is 0 Å². The molecule has 3 rings (SSSR count). The van der Waals surface area contributed by atoms with E-state index in [4.69, 9.17) is 16.3 Å². The Morgan fingerprint density at radius 1 is 1.11 bits per heavy atom. The van der Waals surface area contributed by atoms with E-state index in [0.717, 1.165) is 10.8 Å². The molecule has 0 saturated carbocycles. The molecule has 0 spiro atoms. The number of sulfonamides is 1. The number of ether oxygens (including phenoxy) is 1. The fourth-order valence-electron chi connectivity index (χ4n) is 2.41. The van der Waals surface area contributed by atoms with Crippen LogP contribution in [0.3, 0.4) is 0 Å². The van der Waals surface area contributed by atoms with E-state index in [1.807, 2.05) is 24.3 Å². The predicted molar refractivity (Wildman–Crippen MR) is 104 cm³/mol. The third-order valence-corrected chi connectivity index (χ3v) is 5.23. The summed E-state index contributed by atoms with van der Waals surface area (Å²) < 4.78 is 29.8. The second kappa shape index (κ2) is 8.28. The second-order valence-corrected chi connectivity index (χ2v) is 7.78. The summed E-state index contributed by atoms with van der Waals surface area (Å²) in [4.78, 5) is 12.6. The number of rotatable bonds is 7. The van der Waals surface area contributed by atoms with E-state index in [0.29, 0.717) is 5.56 Å². The van der Waals surface area contributed by atoms with E-state index in [2.05, 4.69) is 9.93 Å². The van der Waals surface area contributed by atoms with Crippen molar-refractivity contribution in [3.63, 3.8) is 0 Å². The van der Waals surface area contributed by atoms with Crippen LogP contribution in [-0.2, 0) is 14.8 Å². The lowest BCUT2D eigenvalue weighted by molar-refractivity contribution is -0.307. The van der Waals surface area contributed by atoms with Crippen molar-refractivity contribution in [3.05, 3.63) is 71.2 Å². The number of fused-ring (bicyclic) bond motifs is 1. The van der Waals surface area contributed by atoms with E-state index in [-0.39, 0.29) is 15.7 Å². The van der Waals surface area contributed by atoms with Crippen molar-refractivity contribution in [1.82, 2.24) is 4.83 Å². The number of nitrogens with zero attached hydrogens (tertiary/aromatic N) is 1. The quantitative estimate of drug-likeness (QED) is 0.467. The first kappa shape index (κ1) is 19.7. The number of carboxylic acid groups (broad SMARTS) is 1. The maximum atomic E-state index is 12.4. The SMILES string of the molecule is O=C([O-])COc1ccc(/C=N\NS(=O)(=O)c2ccc3ccccc3c2)cc1Cl. The Balaban J connectivity index is 1.72. The number of carboxylic acids is 1. The number of carbonyl (C=O) groups is 1. The van der Waals surface area contributed by atoms with E-state index in [9.17, 15) is 18.3 Å². The minimum atomic E-state index is -3.84. The molecule has 0 aliphatic carbocycles. The van der Waals surface area contributed by atoms with Crippen LogP contribution in [0.5, 0.6) is 5.75 Å². The molecular weight excluding hydrogens is 404 g/mol. The predicted octanol–water partition coefficient (Wildman–Crippen LogP) is 1.93. The van der Waals surface area contributed by atoms with Crippen molar-refractivity contribution in [2.24, 2.45) is 5.10 Å². The zero-order chi connectivity index (χ0) is 20.1. The monoisotopic (exact) mass is 417 g/mol. The Bertz CT molecular complexity index is 1160. The standard InChI is InChI=1S/C19H15ClN2O5S/c20-17-9-13(5-8-18(17)27-12-19(23)24)11-21-22-28(25,26)16-7-6-14-3-1-2-4-15(14)10-16/h1-11,22H,12H2,(H,23,24)/p-1/b21-11-. The van der Waals surface area contributed by atoms with E-state index < -0.39 is 22.6 Å². The highest BCUT2D eigenvalue weighted by molar-refractivity contribution is 7.89. The molecule has 0 unspecified atom stereocenters. The molecule has 0 aromatic heterocycles. The number of halogens is 1. The molecule has 144 valence electrons. The van der Waals surface area contributed by atoms with Crippen LogP contribution in [0.1, 0.15) is 5.56 Å². The Kier molecular flexibility index (Phi) is 5.81. The van der Waals surface area contributed by atoms with Crippen LogP contribution in [0.25, 0.3) is 10.8 Å². The fourth-order valence-corrected chi connectivity index (χ4v) is 3.48. The van der Waals surface area contributed by atoms with E-state index >= 15 is 0 Å². The summed E-state index contributed by atoms with van der Waals surface area (Å²) in [5, 5.41) is 16.0. The number of benzene rings is 3. The van der Waals surface area contributed by atoms with Crippen molar-refractivity contribution in [2.75, 3.05) is 6.61 Å². The molecule has 0 heterocycles. The molecule has 0 saturated heterocycles. The van der Waals surface area contributed by atoms with Crippen LogP contribution in [0.15, 0.2) is 70.7 Å². The van der Waals surface area contributed by atoms with Crippen molar-refractivity contribution in [3.8, 4) is 5.75 Å². The molecule has 0 atom stereocenters. The van der Waals surface area contributed by atoms with Gasteiger partial charge in [0.15, 0.2) is 0 Å². The summed E-state index contributed by atoms with van der Waals surface area (Å²) in [6.07, 6.45) is 1.27. The van der Waals surface area contributed by atoms with Crippen LogP contribution >= 0.6 is 11.6 Å². The normalized spacial score (nSPS) is 11.6. The van der Waals surface area contributed by atoms with Crippen LogP contribution in [0.4, 0.5) is 0 Å². The Hall–Kier alpha value is -3.10. The Morgan fingerprint density at radius 2 is 1.86 bits per heavy atom. The second-order valence-electron chi connectivity index (χ2n) is 5.71. The largest absolute Gasteiger partial charge is 0.546 e. The molecule has 1 N–H and O–H groups in total. The maximum absolute atomic E-state index is 12.4. The number of aliphatic carboxylic acids is 1. The molecular formula is C19H14ClN2O5S-. The van der Waals surface area contributed by atoms with Crippen molar-refractivity contribution in [1.29, 1.82) is 0 Å². The molecule has 28 heavy (non-hydrogen) atoms. The summed E-state index contributed by atoms with van der Waals surface area (Å²) >= 11 is 5.99. The van der Waals surface area contributed by atoms with Gasteiger partial charge in [-0.25, -0.2) is 4.83 Å². The zero-order valence-electron chi connectivity index (χ0n) is 14.3. The smallest absolute Gasteiger partial charge is 0.276 e. The van der Waals surface area contributed by atoms with Gasteiger partial charge in [-0.05, 0) is 46.7 Å². The highest BCUT2D eigenvalue weighted by atomic mass is 35.5. The average molecular weight is 418 g/mol. The minimum absolute atomic E-state index is 0.0902. The van der Waals surface area contributed by atoms with Gasteiger partial charge in [-0.15, -0.1) is 0 Å². The summed E-state index contributed by atoms with van der Waals surface area (Å²) in [6.45, 7) is -0.626. The first-order chi connectivity index (χ1) is 13.3. The molecule has 0 aliphatic rings. The molecule has 0 radical (unpaired) electrons. The molecule has 0 fully saturated rings. The molecule has 0 bridgehead atoms. The van der Waals surface area contributed by atoms with Crippen molar-refractivity contribution in [2.45, 2.75) is 4.90 Å². The minimum Gasteiger partial charge on any atom is -0.546 e. The third kappa shape index (κ3) is 4.79. The lowest BCUT2D eigenvalue weighted by atomic mass is 10.1. The lowest BCUT2D eigenvalue weighted by Gasteiger charge is -2.08. The average Bonchev–Trinajstić information content (AvgIpc) is 2.66. The molecule has 3 aromatic carbocycles. The van der Waals surface area contributed by atoms with Gasteiger partial charge in [0.1, 0.15) is 12.4 Å². The Labute approximate surface area is 166 Å². The van der Waals surface area contributed by atoms with Gasteiger partial charge in [0.2, 0.25) is 0 Å². The van der Waals surface area contributed by atoms with Gasteiger partial charge < -0.3 is 14.6 Å². The number of nitrogens with one attached hydrogen (secondary N) is 1. The summed E-state index contributed by atoms with van der Waals surface area (Å²) in [5.41, 5.74) is 0.493. The number of hydrogen-bond acceptors (Lipinski definition) is 6. The van der Waals surface area contributed by atoms with Crippen LogP contribution in [0.2, 0.25) is 5.02 Å². The highest BCUT2D eigenvalue weighted by Gasteiger charge is 2.13. The fraction of sp³-hybridized carbons (Fsp3) is 0.0526. The number of carbonyl (C=O) groups excluding carboxylic acids is 1. The first-order valence-corrected chi connectivity index (χ1v) is 9.87. The van der Waals surface area contributed by atoms with Crippen molar-refractivity contribution < 1.29 is 23.1 Å². The number of hydrazone groups is 1. The zero-order valence-corrected chi connectivity index (χ0v) is 15.9. The van der Waals surface area contributed by atoms with Crippen molar-refractivity contribution >= 4 is 44.6 Å². The van der Waals surface area contributed by atoms with E-state index in [1.54, 1.807) is 18.2 Å². The molecule has 0 aliphatic heterocycles. The maximum Gasteiger partial charge on any atom is 0.276 e. The summed E-state index contributed by atoms with van der Waals surface area (Å²) in [5.74, 6) is -1.20. The first-order valence-electron chi connectivity index (χ1n) is 8.01. The van der Waals surface area contributed by atoms with Crippen LogP contribution < -0.4 is 14.7 Å². The molecule has 9 heteroatoms. The topological polar surface area (TPSA) is 108 Å². The third-order valence-electron chi connectivity index (χ3n) is 3.72. The van der Waals surface area contributed by atoms with Gasteiger partial charge in [0.05, 0.1) is 22.1 Å². The highest BCUT2D eigenvalue weighted by Crippen LogP contribution is 2.25. The summed E-state index contributed by atoms with van der Waals surface area (Å²) in [6, 6.07) is 16.7. The lowest BCUT2D eigenvalue weighted by Crippen LogP contribution is -2.28. The van der Waals surface area contributed by atoms with Crippen LogP contribution in [-0.4, -0.2) is 27.2 Å². The van der Waals surface area contributed by atoms with Gasteiger partial charge in [-0.1, -0.05) is 41.9 Å². The Morgan fingerprint density at radius 3 is 2.57 bits per heavy atom. The molecule has 7 nitrogen and oxygen atoms in total. The van der Waals surface area contributed by atoms with Gasteiger partial charge in [0, 0.05) is 0 Å². The van der Waals surface area contributed by atoms with Gasteiger partial charge in [-0.3, -0.25) is 0 Å². The van der Waals surface area contributed by atoms with Gasteiger partial charge in [0.25, 0.3) is 10.0 Å².